The van der Waals surface area contributed by atoms with Crippen LogP contribution in [0.1, 0.15) is 40.2 Å². The first-order valence-electron chi connectivity index (χ1n) is 13.8. The Bertz CT molecular complexity index is 2150. The summed E-state index contributed by atoms with van der Waals surface area (Å²) in [6.45, 7) is 1.90. The van der Waals surface area contributed by atoms with Gasteiger partial charge in [-0.2, -0.15) is 0 Å². The molecule has 226 valence electrons. The molecular weight excluding hydrogens is 632 g/mol. The highest BCUT2D eigenvalue weighted by molar-refractivity contribution is 7.98. The number of aromatic nitrogens is 1. The Morgan fingerprint density at radius 1 is 1.07 bits per heavy atom. The Morgan fingerprint density at radius 2 is 1.82 bits per heavy atom. The summed E-state index contributed by atoms with van der Waals surface area (Å²) in [6, 6.07) is 24.3. The molecule has 1 aliphatic rings. The van der Waals surface area contributed by atoms with Gasteiger partial charge in [0.25, 0.3) is 5.56 Å². The number of aromatic carboxylic acids is 1. The number of benzene rings is 3. The first kappa shape index (κ1) is 30.4. The lowest BCUT2D eigenvalue weighted by Crippen LogP contribution is -2.40. The third kappa shape index (κ3) is 5.92. The number of nitrogens with zero attached hydrogens (tertiary/aromatic N) is 2. The number of hydrogen-bond donors (Lipinski definition) is 1. The molecule has 0 fully saturated rings. The van der Waals surface area contributed by atoms with E-state index in [0.717, 1.165) is 16.0 Å². The number of ether oxygens (including phenoxy) is 1. The number of halogens is 1. The molecule has 0 saturated heterocycles. The van der Waals surface area contributed by atoms with Crippen LogP contribution >= 0.6 is 34.7 Å². The first-order chi connectivity index (χ1) is 21.8. The van der Waals surface area contributed by atoms with Crippen LogP contribution in [-0.4, -0.2) is 34.5 Å². The van der Waals surface area contributed by atoms with Gasteiger partial charge in [0, 0.05) is 22.1 Å². The van der Waals surface area contributed by atoms with Gasteiger partial charge in [0.05, 0.1) is 39.0 Å². The number of thioether (sulfide) groups is 1. The van der Waals surface area contributed by atoms with Crippen molar-refractivity contribution >= 4 is 58.4 Å². The number of rotatable bonds is 8. The van der Waals surface area contributed by atoms with Gasteiger partial charge < -0.3 is 14.3 Å². The first-order valence-corrected chi connectivity index (χ1v) is 16.3. The number of hydrogen-bond acceptors (Lipinski definition) is 8. The molecule has 0 saturated carbocycles. The smallest absolute Gasteiger partial charge is 0.338 e. The van der Waals surface area contributed by atoms with Gasteiger partial charge in [0.1, 0.15) is 11.5 Å². The van der Waals surface area contributed by atoms with Crippen LogP contribution in [0.3, 0.4) is 0 Å². The van der Waals surface area contributed by atoms with Crippen LogP contribution in [0.25, 0.3) is 23.1 Å². The van der Waals surface area contributed by atoms with Crippen LogP contribution in [0.2, 0.25) is 5.02 Å². The molecule has 0 aliphatic carbocycles. The maximum Gasteiger partial charge on any atom is 0.338 e. The second-order valence-corrected chi connectivity index (χ2v) is 12.2. The number of esters is 1. The molecule has 6 rings (SSSR count). The molecule has 0 bridgehead atoms. The van der Waals surface area contributed by atoms with E-state index in [2.05, 4.69) is 0 Å². The summed E-state index contributed by atoms with van der Waals surface area (Å²) in [5.74, 6) is -0.899. The molecule has 1 aliphatic heterocycles. The molecular formula is C34H25ClN2O6S2. The van der Waals surface area contributed by atoms with Crippen molar-refractivity contribution < 1.29 is 23.8 Å². The average Bonchev–Trinajstić information content (AvgIpc) is 3.65. The lowest BCUT2D eigenvalue weighted by molar-refractivity contribution is -0.138. The van der Waals surface area contributed by atoms with Gasteiger partial charge in [-0.25, -0.2) is 14.6 Å². The molecule has 1 N–H and O–H groups in total. The third-order valence-electron chi connectivity index (χ3n) is 7.19. The minimum Gasteiger partial charge on any atom is -0.478 e. The zero-order valence-electron chi connectivity index (χ0n) is 24.0. The summed E-state index contributed by atoms with van der Waals surface area (Å²) < 4.78 is 13.4. The van der Waals surface area contributed by atoms with E-state index in [1.165, 1.54) is 28.0 Å². The van der Waals surface area contributed by atoms with Gasteiger partial charge in [0.2, 0.25) is 0 Å². The highest BCUT2D eigenvalue weighted by atomic mass is 35.5. The van der Waals surface area contributed by atoms with Gasteiger partial charge in [-0.3, -0.25) is 9.36 Å². The Morgan fingerprint density at radius 3 is 2.51 bits per heavy atom. The van der Waals surface area contributed by atoms with Crippen molar-refractivity contribution in [3.05, 3.63) is 138 Å². The molecule has 0 amide bonds. The van der Waals surface area contributed by atoms with Crippen molar-refractivity contribution in [3.63, 3.8) is 0 Å². The van der Waals surface area contributed by atoms with Crippen molar-refractivity contribution in [1.29, 1.82) is 0 Å². The number of carboxylic acid groups (broad SMARTS) is 1. The molecule has 3 aromatic carbocycles. The standard InChI is InChI=1S/C34H25ClN2O6S2/c1-3-42-33(41)28-29(19-7-5-4-6-8-19)36-34-37(30(28)20-9-13-23(44-2)14-10-20)31(38)27(45-34)18-22-12-16-26(43-22)21-11-15-25(35)24(17-21)32(39)40/h4-18,30H,3H2,1-2H3,(H,39,40)/b27-18-/t30-/m1/s1. The fourth-order valence-corrected chi connectivity index (χ4v) is 6.69. The van der Waals surface area contributed by atoms with Gasteiger partial charge >= 0.3 is 11.9 Å². The van der Waals surface area contributed by atoms with Gasteiger partial charge in [-0.15, -0.1) is 11.8 Å². The number of carbonyl (C=O) groups is 2. The summed E-state index contributed by atoms with van der Waals surface area (Å²) in [7, 11) is 0. The highest BCUT2D eigenvalue weighted by Gasteiger charge is 2.35. The number of carboxylic acids is 1. The second-order valence-electron chi connectivity index (χ2n) is 9.91. The zero-order chi connectivity index (χ0) is 31.7. The molecule has 0 unspecified atom stereocenters. The molecule has 8 nitrogen and oxygen atoms in total. The molecule has 1 atom stereocenters. The monoisotopic (exact) mass is 656 g/mol. The van der Waals surface area contributed by atoms with Crippen LogP contribution in [-0.2, 0) is 9.53 Å². The third-order valence-corrected chi connectivity index (χ3v) is 9.24. The lowest BCUT2D eigenvalue weighted by atomic mass is 9.93. The predicted octanol–water partition coefficient (Wildman–Crippen LogP) is 6.27. The number of fused-ring (bicyclic) bond motifs is 1. The molecule has 0 radical (unpaired) electrons. The summed E-state index contributed by atoms with van der Waals surface area (Å²) in [4.78, 5) is 45.6. The largest absolute Gasteiger partial charge is 0.478 e. The summed E-state index contributed by atoms with van der Waals surface area (Å²) in [5.41, 5.74) is 2.32. The van der Waals surface area contributed by atoms with E-state index >= 15 is 0 Å². The van der Waals surface area contributed by atoms with E-state index in [4.69, 9.17) is 25.7 Å². The minimum absolute atomic E-state index is 0.0439. The van der Waals surface area contributed by atoms with Crippen molar-refractivity contribution in [2.24, 2.45) is 4.99 Å². The number of carbonyl (C=O) groups excluding carboxylic acids is 1. The molecule has 5 aromatic rings. The van der Waals surface area contributed by atoms with Crippen molar-refractivity contribution in [3.8, 4) is 11.3 Å². The Hall–Kier alpha value is -4.64. The minimum atomic E-state index is -1.15. The SMILES string of the molecule is CCOC(=O)C1=C(c2ccccc2)N=c2s/c(=C\c3ccc(-c4ccc(Cl)c(C(=O)O)c4)o3)c(=O)n2[C@@H]1c1ccc(SC)cc1. The Balaban J connectivity index is 1.53. The van der Waals surface area contributed by atoms with Crippen LogP contribution in [0.15, 0.2) is 110 Å². The highest BCUT2D eigenvalue weighted by Crippen LogP contribution is 2.36. The van der Waals surface area contributed by atoms with Crippen LogP contribution in [0, 0.1) is 0 Å². The normalized spacial score (nSPS) is 14.6. The quantitative estimate of drug-likeness (QED) is 0.155. The van der Waals surface area contributed by atoms with E-state index in [-0.39, 0.29) is 28.3 Å². The maximum atomic E-state index is 14.1. The van der Waals surface area contributed by atoms with Crippen molar-refractivity contribution in [1.82, 2.24) is 4.57 Å². The summed E-state index contributed by atoms with van der Waals surface area (Å²) in [6.07, 6.45) is 3.60. The van der Waals surface area contributed by atoms with E-state index < -0.39 is 18.0 Å². The average molecular weight is 657 g/mol. The lowest BCUT2D eigenvalue weighted by Gasteiger charge is -2.26. The van der Waals surface area contributed by atoms with Crippen LogP contribution < -0.4 is 14.9 Å². The predicted molar refractivity (Wildman–Crippen MR) is 175 cm³/mol. The molecule has 11 heteroatoms. The summed E-state index contributed by atoms with van der Waals surface area (Å²) >= 11 is 8.81. The molecule has 0 spiro atoms. The van der Waals surface area contributed by atoms with Crippen LogP contribution in [0.4, 0.5) is 0 Å². The van der Waals surface area contributed by atoms with Gasteiger partial charge in [-0.05, 0) is 61.2 Å². The fraction of sp³-hybridized carbons (Fsp3) is 0.118. The van der Waals surface area contributed by atoms with E-state index in [9.17, 15) is 19.5 Å². The number of thiazole rings is 1. The van der Waals surface area contributed by atoms with Crippen LogP contribution in [0.5, 0.6) is 0 Å². The summed E-state index contributed by atoms with van der Waals surface area (Å²) in [5, 5.41) is 9.57. The molecule has 45 heavy (non-hydrogen) atoms. The maximum absolute atomic E-state index is 14.1. The molecule has 3 heterocycles. The van der Waals surface area contributed by atoms with Gasteiger partial charge in [0.15, 0.2) is 4.80 Å². The zero-order valence-corrected chi connectivity index (χ0v) is 26.4. The molecule has 2 aromatic heterocycles. The fourth-order valence-electron chi connectivity index (χ4n) is 5.10. The second kappa shape index (κ2) is 12.8. The van der Waals surface area contributed by atoms with Crippen molar-refractivity contribution in [2.45, 2.75) is 17.9 Å². The van der Waals surface area contributed by atoms with E-state index in [1.54, 1.807) is 43.0 Å². The topological polar surface area (TPSA) is 111 Å². The van der Waals surface area contributed by atoms with E-state index in [1.807, 2.05) is 60.9 Å². The van der Waals surface area contributed by atoms with E-state index in [0.29, 0.717) is 32.1 Å². The van der Waals surface area contributed by atoms with Gasteiger partial charge in [-0.1, -0.05) is 65.4 Å². The Labute approximate surface area is 270 Å². The van der Waals surface area contributed by atoms with Crippen molar-refractivity contribution in [2.75, 3.05) is 12.9 Å². The number of furan rings is 1. The Kier molecular flexibility index (Phi) is 8.62.